The molecule has 4 rings (SSSR count). The van der Waals surface area contributed by atoms with E-state index < -0.39 is 0 Å². The standard InChI is InChI=1S/C20H22N2O3/c23-20(22-7-9-24-10-8-22)17-5-6-21-18(13-17)12-15-11-16-3-1-2-4-19(16)25-14-15/h1-6,13,15H,7-12,14H2/t15-/m0/s1. The van der Waals surface area contributed by atoms with Crippen molar-refractivity contribution in [3.05, 3.63) is 59.4 Å². The highest BCUT2D eigenvalue weighted by atomic mass is 16.5. The number of morpholine rings is 1. The van der Waals surface area contributed by atoms with Gasteiger partial charge in [-0.15, -0.1) is 0 Å². The summed E-state index contributed by atoms with van der Waals surface area (Å²) in [5, 5.41) is 0. The molecule has 2 aromatic rings. The van der Waals surface area contributed by atoms with Gasteiger partial charge in [0, 0.05) is 36.5 Å². The summed E-state index contributed by atoms with van der Waals surface area (Å²) in [6, 6.07) is 11.9. The summed E-state index contributed by atoms with van der Waals surface area (Å²) >= 11 is 0. The van der Waals surface area contributed by atoms with Crippen LogP contribution in [0.4, 0.5) is 0 Å². The molecule has 1 aromatic heterocycles. The number of nitrogens with zero attached hydrogens (tertiary/aromatic N) is 2. The molecule has 1 saturated heterocycles. The van der Waals surface area contributed by atoms with E-state index in [1.165, 1.54) is 5.56 Å². The van der Waals surface area contributed by atoms with Gasteiger partial charge in [-0.1, -0.05) is 18.2 Å². The summed E-state index contributed by atoms with van der Waals surface area (Å²) in [6.45, 7) is 3.23. The van der Waals surface area contributed by atoms with Crippen LogP contribution in [-0.2, 0) is 17.6 Å². The first-order valence-electron chi connectivity index (χ1n) is 8.82. The predicted molar refractivity (Wildman–Crippen MR) is 93.8 cm³/mol. The number of fused-ring (bicyclic) bond motifs is 1. The minimum atomic E-state index is 0.0668. The molecule has 1 fully saturated rings. The van der Waals surface area contributed by atoms with Crippen molar-refractivity contribution in [1.29, 1.82) is 0 Å². The third-order valence-electron chi connectivity index (χ3n) is 4.82. The van der Waals surface area contributed by atoms with E-state index in [1.807, 2.05) is 29.2 Å². The molecule has 1 amide bonds. The molecule has 0 radical (unpaired) electrons. The summed E-state index contributed by atoms with van der Waals surface area (Å²) in [5.41, 5.74) is 2.91. The molecule has 0 bridgehead atoms. The molecule has 3 heterocycles. The lowest BCUT2D eigenvalue weighted by atomic mass is 9.92. The molecular weight excluding hydrogens is 316 g/mol. The van der Waals surface area contributed by atoms with E-state index in [9.17, 15) is 4.79 Å². The molecule has 2 aliphatic rings. The second-order valence-corrected chi connectivity index (χ2v) is 6.63. The molecule has 0 unspecified atom stereocenters. The average Bonchev–Trinajstić information content (AvgIpc) is 2.68. The summed E-state index contributed by atoms with van der Waals surface area (Å²) in [6.07, 6.45) is 3.54. The van der Waals surface area contributed by atoms with E-state index in [-0.39, 0.29) is 5.91 Å². The normalized spacial score (nSPS) is 19.8. The van der Waals surface area contributed by atoms with Crippen LogP contribution in [0.3, 0.4) is 0 Å². The zero-order valence-electron chi connectivity index (χ0n) is 14.2. The van der Waals surface area contributed by atoms with Gasteiger partial charge in [0.25, 0.3) is 5.91 Å². The zero-order valence-corrected chi connectivity index (χ0v) is 14.2. The lowest BCUT2D eigenvalue weighted by molar-refractivity contribution is 0.0302. The van der Waals surface area contributed by atoms with E-state index in [0.29, 0.717) is 44.4 Å². The number of para-hydroxylation sites is 1. The first-order valence-corrected chi connectivity index (χ1v) is 8.82. The highest BCUT2D eigenvalue weighted by Gasteiger charge is 2.22. The van der Waals surface area contributed by atoms with Gasteiger partial charge in [-0.25, -0.2) is 0 Å². The largest absolute Gasteiger partial charge is 0.493 e. The van der Waals surface area contributed by atoms with Crippen molar-refractivity contribution in [3.8, 4) is 5.75 Å². The topological polar surface area (TPSA) is 51.7 Å². The van der Waals surface area contributed by atoms with Gasteiger partial charge >= 0.3 is 0 Å². The van der Waals surface area contributed by atoms with E-state index >= 15 is 0 Å². The van der Waals surface area contributed by atoms with Crippen molar-refractivity contribution in [2.24, 2.45) is 5.92 Å². The second kappa shape index (κ2) is 7.23. The number of hydrogen-bond donors (Lipinski definition) is 0. The Morgan fingerprint density at radius 1 is 1.20 bits per heavy atom. The highest BCUT2D eigenvalue weighted by Crippen LogP contribution is 2.28. The van der Waals surface area contributed by atoms with Crippen LogP contribution < -0.4 is 4.74 Å². The molecule has 0 spiro atoms. The third-order valence-corrected chi connectivity index (χ3v) is 4.82. The molecular formula is C20H22N2O3. The molecule has 0 aliphatic carbocycles. The SMILES string of the molecule is O=C(c1ccnc(C[C@H]2COc3ccccc3C2)c1)N1CCOCC1. The van der Waals surface area contributed by atoms with Crippen molar-refractivity contribution >= 4 is 5.91 Å². The van der Waals surface area contributed by atoms with E-state index in [2.05, 4.69) is 11.1 Å². The van der Waals surface area contributed by atoms with Gasteiger partial charge in [0.2, 0.25) is 0 Å². The Morgan fingerprint density at radius 3 is 2.92 bits per heavy atom. The molecule has 5 heteroatoms. The lowest BCUT2D eigenvalue weighted by Gasteiger charge is -2.27. The molecule has 5 nitrogen and oxygen atoms in total. The third kappa shape index (κ3) is 3.66. The number of hydrogen-bond acceptors (Lipinski definition) is 4. The van der Waals surface area contributed by atoms with E-state index in [4.69, 9.17) is 9.47 Å². The summed E-state index contributed by atoms with van der Waals surface area (Å²) in [5.74, 6) is 1.44. The van der Waals surface area contributed by atoms with Gasteiger partial charge in [-0.05, 0) is 36.6 Å². The predicted octanol–water partition coefficient (Wildman–Crippen LogP) is 2.35. The monoisotopic (exact) mass is 338 g/mol. The maximum absolute atomic E-state index is 12.6. The Kier molecular flexibility index (Phi) is 4.65. The summed E-state index contributed by atoms with van der Waals surface area (Å²) in [7, 11) is 0. The zero-order chi connectivity index (χ0) is 17.1. The second-order valence-electron chi connectivity index (χ2n) is 6.63. The molecule has 25 heavy (non-hydrogen) atoms. The Labute approximate surface area is 147 Å². The number of aromatic nitrogens is 1. The van der Waals surface area contributed by atoms with Crippen molar-refractivity contribution in [2.75, 3.05) is 32.9 Å². The fourth-order valence-corrected chi connectivity index (χ4v) is 3.49. The number of pyridine rings is 1. The van der Waals surface area contributed by atoms with E-state index in [1.54, 1.807) is 12.3 Å². The number of carbonyl (C=O) groups is 1. The van der Waals surface area contributed by atoms with Crippen molar-refractivity contribution < 1.29 is 14.3 Å². The maximum Gasteiger partial charge on any atom is 0.254 e. The van der Waals surface area contributed by atoms with Gasteiger partial charge < -0.3 is 14.4 Å². The Hall–Kier alpha value is -2.40. The molecule has 130 valence electrons. The quantitative estimate of drug-likeness (QED) is 0.862. The van der Waals surface area contributed by atoms with Crippen LogP contribution >= 0.6 is 0 Å². The number of amides is 1. The Balaban J connectivity index is 1.44. The fourth-order valence-electron chi connectivity index (χ4n) is 3.49. The van der Waals surface area contributed by atoms with Gasteiger partial charge in [-0.3, -0.25) is 9.78 Å². The van der Waals surface area contributed by atoms with Gasteiger partial charge in [0.15, 0.2) is 0 Å². The van der Waals surface area contributed by atoms with Gasteiger partial charge in [-0.2, -0.15) is 0 Å². The lowest BCUT2D eigenvalue weighted by Crippen LogP contribution is -2.40. The van der Waals surface area contributed by atoms with Crippen LogP contribution in [0.1, 0.15) is 21.6 Å². The fraction of sp³-hybridized carbons (Fsp3) is 0.400. The van der Waals surface area contributed by atoms with Gasteiger partial charge in [0.05, 0.1) is 19.8 Å². The molecule has 0 N–H and O–H groups in total. The Bertz CT molecular complexity index is 756. The average molecular weight is 338 g/mol. The first kappa shape index (κ1) is 16.1. The molecule has 0 saturated carbocycles. The molecule has 2 aliphatic heterocycles. The van der Waals surface area contributed by atoms with Crippen LogP contribution in [0.2, 0.25) is 0 Å². The number of benzene rings is 1. The van der Waals surface area contributed by atoms with Crippen LogP contribution in [0.25, 0.3) is 0 Å². The molecule has 1 aromatic carbocycles. The van der Waals surface area contributed by atoms with Gasteiger partial charge in [0.1, 0.15) is 5.75 Å². The van der Waals surface area contributed by atoms with Crippen LogP contribution in [0, 0.1) is 5.92 Å². The maximum atomic E-state index is 12.6. The minimum absolute atomic E-state index is 0.0668. The van der Waals surface area contributed by atoms with Crippen molar-refractivity contribution in [2.45, 2.75) is 12.8 Å². The smallest absolute Gasteiger partial charge is 0.254 e. The van der Waals surface area contributed by atoms with Crippen LogP contribution in [0.15, 0.2) is 42.6 Å². The number of carbonyl (C=O) groups excluding carboxylic acids is 1. The first-order chi connectivity index (χ1) is 12.3. The number of ether oxygens (including phenoxy) is 2. The highest BCUT2D eigenvalue weighted by molar-refractivity contribution is 5.94. The minimum Gasteiger partial charge on any atom is -0.493 e. The summed E-state index contributed by atoms with van der Waals surface area (Å²) < 4.78 is 11.2. The number of rotatable bonds is 3. The van der Waals surface area contributed by atoms with Crippen molar-refractivity contribution in [1.82, 2.24) is 9.88 Å². The van der Waals surface area contributed by atoms with Crippen LogP contribution in [0.5, 0.6) is 5.75 Å². The van der Waals surface area contributed by atoms with Crippen molar-refractivity contribution in [3.63, 3.8) is 0 Å². The van der Waals surface area contributed by atoms with Crippen LogP contribution in [-0.4, -0.2) is 48.7 Å². The summed E-state index contributed by atoms with van der Waals surface area (Å²) in [4.78, 5) is 18.9. The molecule has 1 atom stereocenters. The Morgan fingerprint density at radius 2 is 2.04 bits per heavy atom. The van der Waals surface area contributed by atoms with E-state index in [0.717, 1.165) is 24.3 Å².